The Labute approximate surface area is 113 Å². The quantitative estimate of drug-likeness (QED) is 0.282. The Morgan fingerprint density at radius 2 is 2.30 bits per heavy atom. The fourth-order valence-corrected chi connectivity index (χ4v) is 1.54. The summed E-state index contributed by atoms with van der Waals surface area (Å²) < 4.78 is 10.4. The fraction of sp³-hybridized carbons (Fsp3) is 0.0833. The zero-order valence-electron chi connectivity index (χ0n) is 10.2. The maximum absolute atomic E-state index is 11.0. The number of rotatable bonds is 5. The van der Waals surface area contributed by atoms with Crippen molar-refractivity contribution in [2.24, 2.45) is 10.9 Å². The molecule has 20 heavy (non-hydrogen) atoms. The lowest BCUT2D eigenvalue weighted by Crippen LogP contribution is -2.13. The normalized spacial score (nSPS) is 11.3. The molecule has 2 rings (SSSR count). The van der Waals surface area contributed by atoms with Gasteiger partial charge in [-0.15, -0.1) is 0 Å². The van der Waals surface area contributed by atoms with Crippen LogP contribution in [-0.4, -0.2) is 16.0 Å². The first kappa shape index (κ1) is 13.4. The number of nitrogens with zero attached hydrogens (tertiary/aromatic N) is 2. The van der Waals surface area contributed by atoms with Crippen molar-refractivity contribution in [3.05, 3.63) is 58.0 Å². The highest BCUT2D eigenvalue weighted by atomic mass is 16.6. The van der Waals surface area contributed by atoms with Crippen molar-refractivity contribution in [1.82, 2.24) is 0 Å². The van der Waals surface area contributed by atoms with E-state index in [1.165, 1.54) is 24.5 Å². The van der Waals surface area contributed by atoms with Crippen LogP contribution in [0.25, 0.3) is 0 Å². The Kier molecular flexibility index (Phi) is 3.85. The van der Waals surface area contributed by atoms with Crippen molar-refractivity contribution in [3.63, 3.8) is 0 Å². The summed E-state index contributed by atoms with van der Waals surface area (Å²) in [5, 5.41) is 22.4. The Morgan fingerprint density at radius 3 is 2.90 bits per heavy atom. The average molecular weight is 277 g/mol. The van der Waals surface area contributed by atoms with Gasteiger partial charge < -0.3 is 20.1 Å². The first-order valence-electron chi connectivity index (χ1n) is 5.53. The number of oxime groups is 1. The van der Waals surface area contributed by atoms with Crippen molar-refractivity contribution >= 4 is 11.5 Å². The van der Waals surface area contributed by atoms with Gasteiger partial charge in [0, 0.05) is 11.6 Å². The van der Waals surface area contributed by atoms with Gasteiger partial charge in [-0.25, -0.2) is 0 Å². The van der Waals surface area contributed by atoms with E-state index in [0.29, 0.717) is 5.76 Å². The van der Waals surface area contributed by atoms with E-state index in [4.69, 9.17) is 20.1 Å². The van der Waals surface area contributed by atoms with Crippen LogP contribution >= 0.6 is 0 Å². The number of amidine groups is 1. The molecule has 0 spiro atoms. The maximum Gasteiger partial charge on any atom is 0.311 e. The topological polar surface area (TPSA) is 124 Å². The summed E-state index contributed by atoms with van der Waals surface area (Å²) in [6.07, 6.45) is 1.48. The molecule has 0 aliphatic carbocycles. The van der Waals surface area contributed by atoms with Crippen LogP contribution in [0.1, 0.15) is 11.3 Å². The molecule has 2 aromatic rings. The Hall–Kier alpha value is -3.03. The number of furan rings is 1. The van der Waals surface area contributed by atoms with Gasteiger partial charge in [-0.3, -0.25) is 10.1 Å². The zero-order chi connectivity index (χ0) is 14.5. The average Bonchev–Trinajstić information content (AvgIpc) is 2.97. The lowest BCUT2D eigenvalue weighted by atomic mass is 10.1. The predicted molar refractivity (Wildman–Crippen MR) is 68.6 cm³/mol. The van der Waals surface area contributed by atoms with E-state index in [2.05, 4.69) is 5.16 Å². The van der Waals surface area contributed by atoms with Gasteiger partial charge in [0.15, 0.2) is 11.6 Å². The van der Waals surface area contributed by atoms with Crippen molar-refractivity contribution in [2.45, 2.75) is 6.61 Å². The third-order valence-electron chi connectivity index (χ3n) is 2.51. The molecule has 0 fully saturated rings. The molecule has 0 radical (unpaired) electrons. The molecule has 0 atom stereocenters. The number of ether oxygens (including phenoxy) is 1. The molecular weight excluding hydrogens is 266 g/mol. The molecule has 1 aromatic carbocycles. The van der Waals surface area contributed by atoms with Gasteiger partial charge in [-0.1, -0.05) is 5.16 Å². The summed E-state index contributed by atoms with van der Waals surface area (Å²) in [5.74, 6) is 0.395. The lowest BCUT2D eigenvalue weighted by molar-refractivity contribution is -0.386. The van der Waals surface area contributed by atoms with Crippen molar-refractivity contribution in [2.75, 3.05) is 0 Å². The minimum Gasteiger partial charge on any atom is -0.479 e. The number of benzene rings is 1. The summed E-state index contributed by atoms with van der Waals surface area (Å²) in [6.45, 7) is 0.0662. The van der Waals surface area contributed by atoms with Crippen LogP contribution in [0.15, 0.2) is 46.2 Å². The molecule has 0 bridgehead atoms. The second-order valence-electron chi connectivity index (χ2n) is 3.79. The van der Waals surface area contributed by atoms with E-state index in [0.717, 1.165) is 0 Å². The van der Waals surface area contributed by atoms with E-state index in [9.17, 15) is 10.1 Å². The van der Waals surface area contributed by atoms with Crippen molar-refractivity contribution in [3.8, 4) is 5.75 Å². The number of nitrogens with two attached hydrogens (primary N) is 1. The van der Waals surface area contributed by atoms with E-state index in [1.807, 2.05) is 0 Å². The third kappa shape index (κ3) is 2.86. The third-order valence-corrected chi connectivity index (χ3v) is 2.51. The van der Waals surface area contributed by atoms with Crippen LogP contribution in [0, 0.1) is 10.1 Å². The smallest absolute Gasteiger partial charge is 0.311 e. The van der Waals surface area contributed by atoms with Crippen LogP contribution in [0.4, 0.5) is 5.69 Å². The minimum atomic E-state index is -0.606. The molecule has 1 heterocycles. The van der Waals surface area contributed by atoms with Gasteiger partial charge in [0.25, 0.3) is 0 Å². The summed E-state index contributed by atoms with van der Waals surface area (Å²) >= 11 is 0. The Bertz CT molecular complexity index is 637. The molecule has 0 aliphatic heterocycles. The SMILES string of the molecule is NC(=NO)c1ccc(OCc2ccco2)c([N+](=O)[O-])c1. The molecule has 3 N–H and O–H groups in total. The maximum atomic E-state index is 11.0. The number of hydrogen-bond donors (Lipinski definition) is 2. The summed E-state index contributed by atoms with van der Waals surface area (Å²) in [5.41, 5.74) is 5.34. The fourth-order valence-electron chi connectivity index (χ4n) is 1.54. The van der Waals surface area contributed by atoms with Gasteiger partial charge in [-0.2, -0.15) is 0 Å². The Balaban J connectivity index is 2.26. The molecule has 0 saturated heterocycles. The van der Waals surface area contributed by atoms with Crippen LogP contribution in [0.5, 0.6) is 5.75 Å². The molecule has 8 nitrogen and oxygen atoms in total. The van der Waals surface area contributed by atoms with E-state index < -0.39 is 4.92 Å². The summed E-state index contributed by atoms with van der Waals surface area (Å²) in [6, 6.07) is 7.39. The number of nitro benzene ring substituents is 1. The van der Waals surface area contributed by atoms with Crippen LogP contribution in [0.2, 0.25) is 0 Å². The second-order valence-corrected chi connectivity index (χ2v) is 3.79. The monoisotopic (exact) mass is 277 g/mol. The zero-order valence-corrected chi connectivity index (χ0v) is 10.2. The van der Waals surface area contributed by atoms with Gasteiger partial charge >= 0.3 is 5.69 Å². The Morgan fingerprint density at radius 1 is 1.50 bits per heavy atom. The van der Waals surface area contributed by atoms with E-state index in [1.54, 1.807) is 12.1 Å². The summed E-state index contributed by atoms with van der Waals surface area (Å²) in [7, 11) is 0. The molecule has 8 heteroatoms. The van der Waals surface area contributed by atoms with Gasteiger partial charge in [0.05, 0.1) is 11.2 Å². The van der Waals surface area contributed by atoms with Gasteiger partial charge in [0.1, 0.15) is 12.4 Å². The lowest BCUT2D eigenvalue weighted by Gasteiger charge is -2.06. The van der Waals surface area contributed by atoms with Gasteiger partial charge in [0.2, 0.25) is 0 Å². The molecule has 1 aromatic heterocycles. The minimum absolute atomic E-state index is 0.0662. The van der Waals surface area contributed by atoms with Crippen molar-refractivity contribution in [1.29, 1.82) is 0 Å². The number of hydrogen-bond acceptors (Lipinski definition) is 6. The highest BCUT2D eigenvalue weighted by Crippen LogP contribution is 2.28. The van der Waals surface area contributed by atoms with Crippen molar-refractivity contribution < 1.29 is 19.3 Å². The van der Waals surface area contributed by atoms with Crippen LogP contribution < -0.4 is 10.5 Å². The highest BCUT2D eigenvalue weighted by molar-refractivity contribution is 5.97. The molecule has 0 aliphatic rings. The van der Waals surface area contributed by atoms with E-state index in [-0.39, 0.29) is 29.4 Å². The molecule has 0 unspecified atom stereocenters. The molecule has 104 valence electrons. The van der Waals surface area contributed by atoms with Crippen LogP contribution in [0.3, 0.4) is 0 Å². The highest BCUT2D eigenvalue weighted by Gasteiger charge is 2.17. The first-order chi connectivity index (χ1) is 9.61. The summed E-state index contributed by atoms with van der Waals surface area (Å²) in [4.78, 5) is 10.4. The van der Waals surface area contributed by atoms with E-state index >= 15 is 0 Å². The predicted octanol–water partition coefficient (Wildman–Crippen LogP) is 1.86. The molecular formula is C12H11N3O5. The van der Waals surface area contributed by atoms with Crippen LogP contribution in [-0.2, 0) is 6.61 Å². The largest absolute Gasteiger partial charge is 0.479 e. The second kappa shape index (κ2) is 5.74. The van der Waals surface area contributed by atoms with Gasteiger partial charge in [-0.05, 0) is 24.3 Å². The number of nitro groups is 1. The standard InChI is InChI=1S/C12H11N3O5/c13-12(14-16)8-3-4-11(10(6-8)15(17)18)20-7-9-2-1-5-19-9/h1-6,16H,7H2,(H2,13,14). The first-order valence-corrected chi connectivity index (χ1v) is 5.53. The molecule has 0 amide bonds. The molecule has 0 saturated carbocycles.